The van der Waals surface area contributed by atoms with Crippen LogP contribution in [-0.2, 0) is 9.59 Å². The number of hydrogen-bond acceptors (Lipinski definition) is 6. The molecular weight excluding hydrogens is 448 g/mol. The van der Waals surface area contributed by atoms with Gasteiger partial charge < -0.3 is 9.47 Å². The smallest absolute Gasteiger partial charge is 0.343 e. The van der Waals surface area contributed by atoms with Crippen molar-refractivity contribution in [3.8, 4) is 11.5 Å². The summed E-state index contributed by atoms with van der Waals surface area (Å²) in [6, 6.07) is 12.6. The Kier molecular flexibility index (Phi) is 6.11. The van der Waals surface area contributed by atoms with Crippen LogP contribution in [0.2, 0.25) is 0 Å². The Morgan fingerprint density at radius 2 is 1.86 bits per heavy atom. The molecule has 1 saturated heterocycles. The van der Waals surface area contributed by atoms with Crippen molar-refractivity contribution >= 4 is 29.9 Å². The number of rotatable bonds is 6. The van der Waals surface area contributed by atoms with Crippen molar-refractivity contribution in [1.82, 2.24) is 10.2 Å². The van der Waals surface area contributed by atoms with Crippen molar-refractivity contribution in [3.63, 3.8) is 0 Å². The lowest BCUT2D eigenvalue weighted by molar-refractivity contribution is -0.132. The lowest BCUT2D eigenvalue weighted by Gasteiger charge is -2.35. The van der Waals surface area contributed by atoms with Crippen molar-refractivity contribution in [1.29, 1.82) is 0 Å². The summed E-state index contributed by atoms with van der Waals surface area (Å²) >= 11 is 0. The van der Waals surface area contributed by atoms with E-state index < -0.39 is 23.8 Å². The van der Waals surface area contributed by atoms with Crippen molar-refractivity contribution < 1.29 is 28.7 Å². The number of urea groups is 1. The van der Waals surface area contributed by atoms with Gasteiger partial charge in [-0.05, 0) is 73.9 Å². The number of carbonyl (C=O) groups excluding carboxylic acids is 4. The highest BCUT2D eigenvalue weighted by Crippen LogP contribution is 2.47. The fraction of sp³-hybridized carbons (Fsp3) is 0.333. The number of benzene rings is 2. The van der Waals surface area contributed by atoms with E-state index in [0.717, 1.165) is 25.7 Å². The zero-order valence-corrected chi connectivity index (χ0v) is 19.4. The molecule has 2 saturated carbocycles. The molecule has 2 aliphatic carbocycles. The van der Waals surface area contributed by atoms with Crippen LogP contribution in [0.3, 0.4) is 0 Å². The minimum atomic E-state index is -0.725. The van der Waals surface area contributed by atoms with Gasteiger partial charge in [-0.1, -0.05) is 30.7 Å². The van der Waals surface area contributed by atoms with Gasteiger partial charge in [-0.15, -0.1) is 0 Å². The first-order valence-corrected chi connectivity index (χ1v) is 11.9. The summed E-state index contributed by atoms with van der Waals surface area (Å²) in [5, 5.41) is 2.32. The molecule has 35 heavy (non-hydrogen) atoms. The van der Waals surface area contributed by atoms with Gasteiger partial charge in [-0.3, -0.25) is 19.8 Å². The molecule has 1 aliphatic heterocycles. The number of fused-ring (bicyclic) bond motifs is 2. The minimum absolute atomic E-state index is 0.108. The summed E-state index contributed by atoms with van der Waals surface area (Å²) in [6.45, 7) is 2.12. The molecule has 180 valence electrons. The highest BCUT2D eigenvalue weighted by molar-refractivity contribution is 6.31. The van der Waals surface area contributed by atoms with E-state index in [1.165, 1.54) is 11.0 Å². The van der Waals surface area contributed by atoms with E-state index in [4.69, 9.17) is 9.47 Å². The lowest BCUT2D eigenvalue weighted by Crippen LogP contribution is -2.58. The monoisotopic (exact) mass is 474 g/mol. The highest BCUT2D eigenvalue weighted by Gasteiger charge is 2.49. The van der Waals surface area contributed by atoms with Crippen molar-refractivity contribution in [2.24, 2.45) is 11.8 Å². The van der Waals surface area contributed by atoms with Crippen LogP contribution < -0.4 is 14.8 Å². The van der Waals surface area contributed by atoms with Crippen LogP contribution in [-0.4, -0.2) is 41.4 Å². The van der Waals surface area contributed by atoms with Gasteiger partial charge in [0.05, 0.1) is 12.2 Å². The van der Waals surface area contributed by atoms with Gasteiger partial charge in [0.2, 0.25) is 0 Å². The maximum atomic E-state index is 13.3. The predicted octanol–water partition coefficient (Wildman–Crippen LogP) is 3.95. The van der Waals surface area contributed by atoms with Crippen LogP contribution in [0.15, 0.2) is 54.1 Å². The van der Waals surface area contributed by atoms with E-state index in [9.17, 15) is 19.2 Å². The molecule has 4 amide bonds. The van der Waals surface area contributed by atoms with E-state index >= 15 is 0 Å². The maximum absolute atomic E-state index is 13.3. The number of hydrogen-bond donors (Lipinski definition) is 1. The summed E-state index contributed by atoms with van der Waals surface area (Å²) in [5.74, 6) is -0.468. The molecule has 2 aromatic carbocycles. The molecule has 8 nitrogen and oxygen atoms in total. The molecular formula is C27H26N2O6. The lowest BCUT2D eigenvalue weighted by atomic mass is 9.93. The van der Waals surface area contributed by atoms with E-state index in [-0.39, 0.29) is 17.4 Å². The van der Waals surface area contributed by atoms with Gasteiger partial charge in [-0.2, -0.15) is 0 Å². The number of barbiturate groups is 1. The molecule has 1 heterocycles. The van der Waals surface area contributed by atoms with Crippen LogP contribution in [0, 0.1) is 11.8 Å². The first kappa shape index (κ1) is 22.8. The molecule has 8 heteroatoms. The SMILES string of the molecule is CCOc1cc(/C=C2\C(=O)NC(=O)N([C@H]3C[C@H]4CC[C@H]3C4)C2=O)ccc1OC(=O)c1ccccc1. The van der Waals surface area contributed by atoms with E-state index in [1.54, 1.807) is 55.5 Å². The standard InChI is InChI=1S/C27H26N2O6/c1-2-34-23-15-17(9-11-22(23)35-26(32)18-6-4-3-5-7-18)13-20-24(30)28-27(33)29(25(20)31)21-14-16-8-10-19(21)12-16/h3-7,9,11,13,15-16,19,21H,2,8,10,12,14H2,1H3,(H,28,30,33)/b20-13+/t16-,19-,21-/m0/s1. The Morgan fingerprint density at radius 1 is 1.06 bits per heavy atom. The highest BCUT2D eigenvalue weighted by atomic mass is 16.6. The number of ether oxygens (including phenoxy) is 2. The van der Waals surface area contributed by atoms with Crippen molar-refractivity contribution in [2.45, 2.75) is 38.6 Å². The molecule has 0 aromatic heterocycles. The Balaban J connectivity index is 1.41. The Morgan fingerprint density at radius 3 is 2.54 bits per heavy atom. The summed E-state index contributed by atoms with van der Waals surface area (Å²) in [6.07, 6.45) is 5.39. The van der Waals surface area contributed by atoms with Crippen LogP contribution in [0.5, 0.6) is 11.5 Å². The predicted molar refractivity (Wildman–Crippen MR) is 127 cm³/mol. The normalized spacial score (nSPS) is 24.6. The first-order valence-electron chi connectivity index (χ1n) is 11.9. The third kappa shape index (κ3) is 4.43. The molecule has 3 aliphatic rings. The maximum Gasteiger partial charge on any atom is 0.343 e. The molecule has 2 aromatic rings. The molecule has 5 rings (SSSR count). The average Bonchev–Trinajstić information content (AvgIpc) is 3.48. The number of imide groups is 2. The van der Waals surface area contributed by atoms with Gasteiger partial charge in [0.15, 0.2) is 11.5 Å². The molecule has 1 N–H and O–H groups in total. The number of esters is 1. The number of carbonyl (C=O) groups is 4. The zero-order valence-electron chi connectivity index (χ0n) is 19.4. The molecule has 3 fully saturated rings. The molecule has 3 atom stereocenters. The number of nitrogens with one attached hydrogen (secondary N) is 1. The number of nitrogens with zero attached hydrogens (tertiary/aromatic N) is 1. The summed E-state index contributed by atoms with van der Waals surface area (Å²) in [7, 11) is 0. The number of amides is 4. The van der Waals surface area contributed by atoms with E-state index in [2.05, 4.69) is 5.32 Å². The van der Waals surface area contributed by atoms with Gasteiger partial charge in [0.1, 0.15) is 5.57 Å². The molecule has 0 radical (unpaired) electrons. The molecule has 2 bridgehead atoms. The Bertz CT molecular complexity index is 1220. The zero-order chi connectivity index (χ0) is 24.5. The topological polar surface area (TPSA) is 102 Å². The fourth-order valence-electron chi connectivity index (χ4n) is 5.37. The summed E-state index contributed by atoms with van der Waals surface area (Å²) < 4.78 is 11.2. The first-order chi connectivity index (χ1) is 16.9. The van der Waals surface area contributed by atoms with Crippen molar-refractivity contribution in [2.75, 3.05) is 6.61 Å². The van der Waals surface area contributed by atoms with Gasteiger partial charge in [0.25, 0.3) is 11.8 Å². The molecule has 0 spiro atoms. The van der Waals surface area contributed by atoms with Crippen LogP contribution >= 0.6 is 0 Å². The van der Waals surface area contributed by atoms with Gasteiger partial charge in [0, 0.05) is 6.04 Å². The average molecular weight is 475 g/mol. The van der Waals surface area contributed by atoms with E-state index in [0.29, 0.717) is 35.3 Å². The Hall–Kier alpha value is -3.94. The Labute approximate surface area is 202 Å². The third-order valence-electron chi connectivity index (χ3n) is 6.96. The van der Waals surface area contributed by atoms with E-state index in [1.807, 2.05) is 0 Å². The fourth-order valence-corrected chi connectivity index (χ4v) is 5.37. The van der Waals surface area contributed by atoms with Gasteiger partial charge >= 0.3 is 12.0 Å². The van der Waals surface area contributed by atoms with Crippen LogP contribution in [0.1, 0.15) is 48.5 Å². The quantitative estimate of drug-likeness (QED) is 0.294. The van der Waals surface area contributed by atoms with Gasteiger partial charge in [-0.25, -0.2) is 9.59 Å². The minimum Gasteiger partial charge on any atom is -0.490 e. The molecule has 0 unspecified atom stereocenters. The second-order valence-electron chi connectivity index (χ2n) is 9.13. The van der Waals surface area contributed by atoms with Crippen LogP contribution in [0.4, 0.5) is 4.79 Å². The van der Waals surface area contributed by atoms with Crippen molar-refractivity contribution in [3.05, 3.63) is 65.2 Å². The van der Waals surface area contributed by atoms with Crippen LogP contribution in [0.25, 0.3) is 6.08 Å². The largest absolute Gasteiger partial charge is 0.490 e. The summed E-state index contributed by atoms with van der Waals surface area (Å²) in [4.78, 5) is 52.1. The summed E-state index contributed by atoms with van der Waals surface area (Å²) in [5.41, 5.74) is 0.800. The second-order valence-corrected chi connectivity index (χ2v) is 9.13. The second kappa shape index (κ2) is 9.37. The third-order valence-corrected chi connectivity index (χ3v) is 6.96.